The first kappa shape index (κ1) is 17.0. The number of benzene rings is 3. The maximum absolute atomic E-state index is 11.6. The van der Waals surface area contributed by atoms with Gasteiger partial charge in [0.15, 0.2) is 5.60 Å². The Balaban J connectivity index is 1.97. The average molecular weight is 346 g/mol. The maximum Gasteiger partial charge on any atom is 0.234 e. The van der Waals surface area contributed by atoms with E-state index in [9.17, 15) is 5.11 Å². The molecule has 3 aromatic rings. The summed E-state index contributed by atoms with van der Waals surface area (Å²) in [5, 5.41) is 11.6. The minimum Gasteiger partial charge on any atom is -0.359 e. The fourth-order valence-corrected chi connectivity index (χ4v) is 3.97. The molecule has 26 heavy (non-hydrogen) atoms. The van der Waals surface area contributed by atoms with Crippen molar-refractivity contribution < 1.29 is 14.9 Å². The SMILES string of the molecule is CC1(C)C(O)(c2ccccc2)OOC1(c1ccccc1)c1ccccc1. The third-order valence-electron chi connectivity index (χ3n) is 5.54. The van der Waals surface area contributed by atoms with E-state index in [-0.39, 0.29) is 0 Å². The molecule has 3 aromatic carbocycles. The van der Waals surface area contributed by atoms with Crippen molar-refractivity contribution in [2.75, 3.05) is 0 Å². The summed E-state index contributed by atoms with van der Waals surface area (Å²) in [6, 6.07) is 29.3. The van der Waals surface area contributed by atoms with Gasteiger partial charge in [0, 0.05) is 5.56 Å². The molecule has 0 radical (unpaired) electrons. The molecular formula is C23H22O3. The lowest BCUT2D eigenvalue weighted by Crippen LogP contribution is -2.49. The molecular weight excluding hydrogens is 324 g/mol. The Morgan fingerprint density at radius 2 is 0.962 bits per heavy atom. The molecule has 0 spiro atoms. The fourth-order valence-electron chi connectivity index (χ4n) is 3.97. The Bertz CT molecular complexity index is 836. The second kappa shape index (κ2) is 6.06. The van der Waals surface area contributed by atoms with Gasteiger partial charge in [-0.15, -0.1) is 0 Å². The van der Waals surface area contributed by atoms with Crippen LogP contribution in [-0.2, 0) is 21.2 Å². The van der Waals surface area contributed by atoms with Crippen LogP contribution in [0.4, 0.5) is 0 Å². The molecule has 4 rings (SSSR count). The number of aliphatic hydroxyl groups is 1. The van der Waals surface area contributed by atoms with E-state index in [1.807, 2.05) is 105 Å². The predicted molar refractivity (Wildman–Crippen MR) is 100.0 cm³/mol. The summed E-state index contributed by atoms with van der Waals surface area (Å²) in [6.45, 7) is 3.96. The molecule has 1 aliphatic heterocycles. The molecule has 0 amide bonds. The molecule has 1 saturated heterocycles. The van der Waals surface area contributed by atoms with Crippen LogP contribution in [0.3, 0.4) is 0 Å². The first-order chi connectivity index (χ1) is 12.5. The highest BCUT2D eigenvalue weighted by Gasteiger charge is 2.68. The minimum atomic E-state index is -1.60. The van der Waals surface area contributed by atoms with Crippen molar-refractivity contribution in [3.05, 3.63) is 108 Å². The summed E-state index contributed by atoms with van der Waals surface area (Å²) >= 11 is 0. The zero-order valence-electron chi connectivity index (χ0n) is 14.9. The van der Waals surface area contributed by atoms with Crippen molar-refractivity contribution in [2.24, 2.45) is 5.41 Å². The molecule has 1 heterocycles. The molecule has 132 valence electrons. The highest BCUT2D eigenvalue weighted by Crippen LogP contribution is 2.62. The van der Waals surface area contributed by atoms with Gasteiger partial charge >= 0.3 is 0 Å². The molecule has 0 aliphatic carbocycles. The number of hydrogen-bond acceptors (Lipinski definition) is 3. The fraction of sp³-hybridized carbons (Fsp3) is 0.217. The Labute approximate surface area is 153 Å². The van der Waals surface area contributed by atoms with E-state index in [1.165, 1.54) is 0 Å². The van der Waals surface area contributed by atoms with Crippen molar-refractivity contribution in [3.63, 3.8) is 0 Å². The molecule has 1 fully saturated rings. The number of rotatable bonds is 3. The summed E-state index contributed by atoms with van der Waals surface area (Å²) in [7, 11) is 0. The molecule has 1 unspecified atom stereocenters. The minimum absolute atomic E-state index is 0.665. The molecule has 3 nitrogen and oxygen atoms in total. The van der Waals surface area contributed by atoms with Crippen LogP contribution >= 0.6 is 0 Å². The molecule has 1 atom stereocenters. The summed E-state index contributed by atoms with van der Waals surface area (Å²) in [5.74, 6) is -1.60. The monoisotopic (exact) mass is 346 g/mol. The quantitative estimate of drug-likeness (QED) is 0.695. The van der Waals surface area contributed by atoms with Gasteiger partial charge in [-0.25, -0.2) is 4.89 Å². The Hall–Kier alpha value is -2.46. The van der Waals surface area contributed by atoms with Gasteiger partial charge in [0.25, 0.3) is 0 Å². The Morgan fingerprint density at radius 3 is 1.38 bits per heavy atom. The van der Waals surface area contributed by atoms with Crippen LogP contribution in [0.15, 0.2) is 91.0 Å². The molecule has 0 bridgehead atoms. The third-order valence-corrected chi connectivity index (χ3v) is 5.54. The number of hydrogen-bond donors (Lipinski definition) is 1. The van der Waals surface area contributed by atoms with Crippen LogP contribution in [0.2, 0.25) is 0 Å². The first-order valence-corrected chi connectivity index (χ1v) is 8.78. The average Bonchev–Trinajstić information content (AvgIpc) is 2.92. The zero-order chi connectivity index (χ0) is 18.3. The second-order valence-corrected chi connectivity index (χ2v) is 7.21. The van der Waals surface area contributed by atoms with Crippen LogP contribution in [0, 0.1) is 5.41 Å². The van der Waals surface area contributed by atoms with Crippen LogP contribution in [0.25, 0.3) is 0 Å². The van der Waals surface area contributed by atoms with Crippen LogP contribution in [-0.4, -0.2) is 5.11 Å². The van der Waals surface area contributed by atoms with Crippen molar-refractivity contribution in [1.29, 1.82) is 0 Å². The molecule has 0 saturated carbocycles. The topological polar surface area (TPSA) is 38.7 Å². The lowest BCUT2D eigenvalue weighted by Gasteiger charge is -2.43. The van der Waals surface area contributed by atoms with E-state index in [4.69, 9.17) is 9.78 Å². The summed E-state index contributed by atoms with van der Waals surface area (Å²) in [6.07, 6.45) is 0. The smallest absolute Gasteiger partial charge is 0.234 e. The van der Waals surface area contributed by atoms with Gasteiger partial charge in [0.1, 0.15) is 0 Å². The summed E-state index contributed by atoms with van der Waals surface area (Å²) in [5.41, 5.74) is 0.759. The van der Waals surface area contributed by atoms with Crippen molar-refractivity contribution in [2.45, 2.75) is 25.2 Å². The lowest BCUT2D eigenvalue weighted by molar-refractivity contribution is -0.400. The van der Waals surface area contributed by atoms with Crippen LogP contribution in [0.1, 0.15) is 30.5 Å². The van der Waals surface area contributed by atoms with Gasteiger partial charge in [-0.2, -0.15) is 4.89 Å². The van der Waals surface area contributed by atoms with Crippen molar-refractivity contribution >= 4 is 0 Å². The van der Waals surface area contributed by atoms with Crippen molar-refractivity contribution in [1.82, 2.24) is 0 Å². The third kappa shape index (κ3) is 2.18. The standard InChI is InChI=1S/C23H22O3/c1-21(2)22(18-12-6-3-7-13-18,19-14-8-4-9-15-19)25-26-23(21,24)20-16-10-5-11-17-20/h3-17,24H,1-2H3. The summed E-state index contributed by atoms with van der Waals surface area (Å²) < 4.78 is 0. The molecule has 0 aromatic heterocycles. The summed E-state index contributed by atoms with van der Waals surface area (Å²) in [4.78, 5) is 11.8. The van der Waals surface area contributed by atoms with Gasteiger partial charge in [-0.05, 0) is 11.1 Å². The van der Waals surface area contributed by atoms with E-state index in [0.29, 0.717) is 5.56 Å². The lowest BCUT2D eigenvalue weighted by atomic mass is 9.62. The van der Waals surface area contributed by atoms with Gasteiger partial charge < -0.3 is 5.11 Å². The molecule has 1 aliphatic rings. The largest absolute Gasteiger partial charge is 0.359 e. The highest BCUT2D eigenvalue weighted by molar-refractivity contribution is 5.42. The van der Waals surface area contributed by atoms with Crippen molar-refractivity contribution in [3.8, 4) is 0 Å². The zero-order valence-corrected chi connectivity index (χ0v) is 14.9. The maximum atomic E-state index is 11.6. The normalized spacial score (nSPS) is 23.7. The molecule has 1 N–H and O–H groups in total. The van der Waals surface area contributed by atoms with Gasteiger partial charge in [-0.3, -0.25) is 0 Å². The van der Waals surface area contributed by atoms with Gasteiger partial charge in [0.2, 0.25) is 5.79 Å². The van der Waals surface area contributed by atoms with E-state index in [1.54, 1.807) is 0 Å². The van der Waals surface area contributed by atoms with Crippen LogP contribution in [0.5, 0.6) is 0 Å². The van der Waals surface area contributed by atoms with E-state index < -0.39 is 16.8 Å². The van der Waals surface area contributed by atoms with E-state index in [2.05, 4.69) is 0 Å². The second-order valence-electron chi connectivity index (χ2n) is 7.21. The van der Waals surface area contributed by atoms with Gasteiger partial charge in [-0.1, -0.05) is 105 Å². The predicted octanol–water partition coefficient (Wildman–Crippen LogP) is 4.76. The Morgan fingerprint density at radius 1 is 0.577 bits per heavy atom. The van der Waals surface area contributed by atoms with E-state index >= 15 is 0 Å². The van der Waals surface area contributed by atoms with E-state index in [0.717, 1.165) is 11.1 Å². The first-order valence-electron chi connectivity index (χ1n) is 8.78. The highest BCUT2D eigenvalue weighted by atomic mass is 17.2. The van der Waals surface area contributed by atoms with Crippen LogP contribution < -0.4 is 0 Å². The molecule has 3 heteroatoms. The Kier molecular flexibility index (Phi) is 3.96. The van der Waals surface area contributed by atoms with Gasteiger partial charge in [0.05, 0.1) is 5.41 Å².